The van der Waals surface area contributed by atoms with Gasteiger partial charge in [-0.05, 0) is 6.42 Å². The zero-order chi connectivity index (χ0) is 9.03. The molecule has 12 heavy (non-hydrogen) atoms. The van der Waals surface area contributed by atoms with Gasteiger partial charge in [0.1, 0.15) is 6.79 Å². The molecule has 0 aliphatic carbocycles. The van der Waals surface area contributed by atoms with E-state index in [0.29, 0.717) is 6.42 Å². The van der Waals surface area contributed by atoms with E-state index in [2.05, 4.69) is 0 Å². The van der Waals surface area contributed by atoms with E-state index in [1.807, 2.05) is 6.92 Å². The number of carboxylic acid groups (broad SMARTS) is 1. The summed E-state index contributed by atoms with van der Waals surface area (Å²) in [5.41, 5.74) is -0.802. The first kappa shape index (κ1) is 9.28. The molecule has 5 heteroatoms. The van der Waals surface area contributed by atoms with Crippen LogP contribution in [0.4, 0.5) is 4.79 Å². The Kier molecular flexibility index (Phi) is 2.88. The van der Waals surface area contributed by atoms with Gasteiger partial charge < -0.3 is 19.3 Å². The smallest absolute Gasteiger partial charge is 0.450 e. The molecule has 70 valence electrons. The van der Waals surface area contributed by atoms with E-state index in [1.165, 1.54) is 0 Å². The maximum absolute atomic E-state index is 10.3. The van der Waals surface area contributed by atoms with Crippen molar-refractivity contribution in [3.05, 3.63) is 0 Å². The summed E-state index contributed by atoms with van der Waals surface area (Å²) in [4.78, 5) is 10.3. The molecule has 1 aliphatic rings. The van der Waals surface area contributed by atoms with Gasteiger partial charge in [0.05, 0.1) is 13.2 Å². The van der Waals surface area contributed by atoms with Gasteiger partial charge in [0, 0.05) is 0 Å². The first-order valence-corrected chi connectivity index (χ1v) is 3.76. The van der Waals surface area contributed by atoms with Crippen molar-refractivity contribution in [2.75, 3.05) is 20.0 Å². The van der Waals surface area contributed by atoms with Crippen LogP contribution in [0.15, 0.2) is 0 Å². The summed E-state index contributed by atoms with van der Waals surface area (Å²) in [6.45, 7) is 2.59. The van der Waals surface area contributed by atoms with Crippen LogP contribution in [0.3, 0.4) is 0 Å². The Balaban J connectivity index is 2.53. The monoisotopic (exact) mass is 176 g/mol. The number of rotatable bonds is 2. The van der Waals surface area contributed by atoms with Gasteiger partial charge in [-0.1, -0.05) is 6.92 Å². The summed E-state index contributed by atoms with van der Waals surface area (Å²) in [6, 6.07) is 0. The Morgan fingerprint density at radius 2 is 2.17 bits per heavy atom. The fourth-order valence-electron chi connectivity index (χ4n) is 1.08. The molecule has 0 aromatic carbocycles. The van der Waals surface area contributed by atoms with Crippen molar-refractivity contribution >= 4 is 6.16 Å². The SMILES string of the molecule is CCC1(OC(=O)O)COCOC1. The minimum atomic E-state index is -1.29. The average Bonchev–Trinajstić information content (AvgIpc) is 2.05. The highest BCUT2D eigenvalue weighted by Gasteiger charge is 2.36. The molecule has 0 atom stereocenters. The number of hydrogen-bond acceptors (Lipinski definition) is 4. The Bertz CT molecular complexity index is 161. The summed E-state index contributed by atoms with van der Waals surface area (Å²) in [6.07, 6.45) is -0.731. The van der Waals surface area contributed by atoms with Crippen LogP contribution in [0.25, 0.3) is 0 Å². The van der Waals surface area contributed by atoms with Crippen molar-refractivity contribution in [2.45, 2.75) is 18.9 Å². The molecule has 1 aliphatic heterocycles. The molecule has 0 radical (unpaired) electrons. The highest BCUT2D eigenvalue weighted by Crippen LogP contribution is 2.20. The van der Waals surface area contributed by atoms with Crippen molar-refractivity contribution in [3.8, 4) is 0 Å². The lowest BCUT2D eigenvalue weighted by Crippen LogP contribution is -2.47. The standard InChI is InChI=1S/C7H12O5/c1-2-7(12-6(8)9)3-10-5-11-4-7/h2-5H2,1H3,(H,8,9). The fourth-order valence-corrected chi connectivity index (χ4v) is 1.08. The second-order valence-corrected chi connectivity index (χ2v) is 2.72. The first-order chi connectivity index (χ1) is 5.68. The van der Waals surface area contributed by atoms with E-state index in [9.17, 15) is 4.79 Å². The number of ether oxygens (including phenoxy) is 3. The highest BCUT2D eigenvalue weighted by atomic mass is 16.7. The maximum Gasteiger partial charge on any atom is 0.506 e. The molecular formula is C7H12O5. The van der Waals surface area contributed by atoms with Crippen LogP contribution in [-0.4, -0.2) is 36.9 Å². The van der Waals surface area contributed by atoms with Crippen LogP contribution < -0.4 is 0 Å². The fraction of sp³-hybridized carbons (Fsp3) is 0.857. The quantitative estimate of drug-likeness (QED) is 0.631. The predicted molar refractivity (Wildman–Crippen MR) is 38.9 cm³/mol. The van der Waals surface area contributed by atoms with E-state index in [-0.39, 0.29) is 20.0 Å². The van der Waals surface area contributed by atoms with Crippen molar-refractivity contribution in [3.63, 3.8) is 0 Å². The van der Waals surface area contributed by atoms with Crippen LogP contribution in [0, 0.1) is 0 Å². The molecular weight excluding hydrogens is 164 g/mol. The van der Waals surface area contributed by atoms with E-state index in [4.69, 9.17) is 19.3 Å². The Morgan fingerprint density at radius 3 is 2.58 bits per heavy atom. The minimum absolute atomic E-state index is 0.213. The summed E-state index contributed by atoms with van der Waals surface area (Å²) >= 11 is 0. The van der Waals surface area contributed by atoms with Gasteiger partial charge in [0.25, 0.3) is 0 Å². The van der Waals surface area contributed by atoms with Gasteiger partial charge in [-0.3, -0.25) is 0 Å². The zero-order valence-electron chi connectivity index (χ0n) is 6.91. The maximum atomic E-state index is 10.3. The topological polar surface area (TPSA) is 65.0 Å². The number of hydrogen-bond donors (Lipinski definition) is 1. The van der Waals surface area contributed by atoms with E-state index < -0.39 is 11.8 Å². The largest absolute Gasteiger partial charge is 0.506 e. The third-order valence-corrected chi connectivity index (χ3v) is 1.85. The predicted octanol–water partition coefficient (Wildman–Crippen LogP) is 0.834. The molecule has 1 heterocycles. The summed E-state index contributed by atoms with van der Waals surface area (Å²) in [5.74, 6) is 0. The molecule has 0 spiro atoms. The molecule has 0 amide bonds. The molecule has 5 nitrogen and oxygen atoms in total. The summed E-state index contributed by atoms with van der Waals surface area (Å²) < 4.78 is 14.6. The molecule has 1 fully saturated rings. The van der Waals surface area contributed by atoms with Crippen molar-refractivity contribution in [1.82, 2.24) is 0 Å². The van der Waals surface area contributed by atoms with Gasteiger partial charge in [-0.15, -0.1) is 0 Å². The first-order valence-electron chi connectivity index (χ1n) is 3.76. The third-order valence-electron chi connectivity index (χ3n) is 1.85. The Morgan fingerprint density at radius 1 is 1.58 bits per heavy atom. The molecule has 0 aromatic rings. The highest BCUT2D eigenvalue weighted by molar-refractivity contribution is 5.57. The van der Waals surface area contributed by atoms with Gasteiger partial charge in [0.15, 0.2) is 5.60 Å². The Labute approximate surface area is 70.2 Å². The molecule has 0 bridgehead atoms. The van der Waals surface area contributed by atoms with E-state index in [1.54, 1.807) is 0 Å². The van der Waals surface area contributed by atoms with Crippen LogP contribution in [-0.2, 0) is 14.2 Å². The van der Waals surface area contributed by atoms with Gasteiger partial charge in [-0.25, -0.2) is 4.79 Å². The van der Waals surface area contributed by atoms with E-state index in [0.717, 1.165) is 0 Å². The molecule has 1 saturated heterocycles. The number of carbonyl (C=O) groups is 1. The van der Waals surface area contributed by atoms with Gasteiger partial charge in [0.2, 0.25) is 0 Å². The lowest BCUT2D eigenvalue weighted by Gasteiger charge is -2.33. The lowest BCUT2D eigenvalue weighted by atomic mass is 10.0. The average molecular weight is 176 g/mol. The Hall–Kier alpha value is -0.810. The van der Waals surface area contributed by atoms with Crippen LogP contribution >= 0.6 is 0 Å². The minimum Gasteiger partial charge on any atom is -0.450 e. The third kappa shape index (κ3) is 2.09. The van der Waals surface area contributed by atoms with Crippen LogP contribution in [0.2, 0.25) is 0 Å². The molecule has 0 saturated carbocycles. The van der Waals surface area contributed by atoms with Gasteiger partial charge >= 0.3 is 6.16 Å². The van der Waals surface area contributed by atoms with Crippen LogP contribution in [0.5, 0.6) is 0 Å². The lowest BCUT2D eigenvalue weighted by molar-refractivity contribution is -0.204. The second-order valence-electron chi connectivity index (χ2n) is 2.72. The summed E-state index contributed by atoms with van der Waals surface area (Å²) in [5, 5.41) is 8.43. The second kappa shape index (κ2) is 3.73. The molecule has 1 rings (SSSR count). The zero-order valence-corrected chi connectivity index (χ0v) is 6.91. The van der Waals surface area contributed by atoms with E-state index >= 15 is 0 Å². The van der Waals surface area contributed by atoms with Gasteiger partial charge in [-0.2, -0.15) is 0 Å². The van der Waals surface area contributed by atoms with Crippen molar-refractivity contribution in [1.29, 1.82) is 0 Å². The van der Waals surface area contributed by atoms with Crippen LogP contribution in [0.1, 0.15) is 13.3 Å². The molecule has 0 unspecified atom stereocenters. The summed E-state index contributed by atoms with van der Waals surface area (Å²) in [7, 11) is 0. The van der Waals surface area contributed by atoms with Crippen molar-refractivity contribution in [2.24, 2.45) is 0 Å². The molecule has 0 aromatic heterocycles. The normalized spacial score (nSPS) is 21.8. The van der Waals surface area contributed by atoms with Crippen molar-refractivity contribution < 1.29 is 24.1 Å². The molecule has 1 N–H and O–H groups in total.